The Hall–Kier alpha value is -3.76. The van der Waals surface area contributed by atoms with Crippen LogP contribution in [0.3, 0.4) is 0 Å². The number of likely N-dealkylation sites (tertiary alicyclic amines) is 1. The summed E-state index contributed by atoms with van der Waals surface area (Å²) in [7, 11) is 0. The number of carbonyl (C=O) groups is 5. The molecule has 5 N–H and O–H groups in total. The normalized spacial score (nSPS) is 14.9. The number of carbonyl (C=O) groups excluding carboxylic acids is 4. The third kappa shape index (κ3) is 6.36. The summed E-state index contributed by atoms with van der Waals surface area (Å²) in [5.41, 5.74) is 6.04. The topological polar surface area (TPSA) is 180 Å². The first-order valence-corrected chi connectivity index (χ1v) is 9.54. The molecule has 1 aliphatic heterocycles. The van der Waals surface area contributed by atoms with E-state index in [1.165, 1.54) is 36.1 Å². The number of hydrogen-bond acceptors (Lipinski definition) is 7. The van der Waals surface area contributed by atoms with Crippen LogP contribution in [-0.2, 0) is 23.9 Å². The number of rotatable bonds is 8. The maximum atomic E-state index is 12.9. The van der Waals surface area contributed by atoms with Gasteiger partial charge in [0.05, 0.1) is 0 Å². The summed E-state index contributed by atoms with van der Waals surface area (Å²) in [6.07, 6.45) is 0.384. The smallest absolute Gasteiger partial charge is 0.372 e. The van der Waals surface area contributed by atoms with Crippen molar-refractivity contribution in [2.24, 2.45) is 11.7 Å². The average Bonchev–Trinajstić information content (AvgIpc) is 2.75. The number of carboxylic acids is 1. The van der Waals surface area contributed by atoms with Crippen LogP contribution in [-0.4, -0.2) is 71.1 Å². The second-order valence-electron chi connectivity index (χ2n) is 7.09. The predicted octanol–water partition coefficient (Wildman–Crippen LogP) is -0.476. The van der Waals surface area contributed by atoms with Crippen molar-refractivity contribution in [3.05, 3.63) is 35.4 Å². The van der Waals surface area contributed by atoms with Gasteiger partial charge in [-0.3, -0.25) is 24.6 Å². The van der Waals surface area contributed by atoms with Gasteiger partial charge in [0.2, 0.25) is 11.7 Å². The molecule has 1 heterocycles. The van der Waals surface area contributed by atoms with E-state index in [0.717, 1.165) is 0 Å². The van der Waals surface area contributed by atoms with Gasteiger partial charge in [-0.2, -0.15) is 0 Å². The van der Waals surface area contributed by atoms with E-state index in [2.05, 4.69) is 5.32 Å². The van der Waals surface area contributed by atoms with Crippen LogP contribution < -0.4 is 11.1 Å². The second-order valence-corrected chi connectivity index (χ2v) is 7.09. The summed E-state index contributed by atoms with van der Waals surface area (Å²) in [5.74, 6) is -4.91. The standard InChI is InChI=1S/C20H24N4O7/c1-11(25)31-10-15(23-18(27)14-4-2-13(3-5-14)17(21)22)19(28)24-8-6-12(7-9-24)16(26)20(29)30/h2-5,12,15H,6-10H2,1H3,(H3,21,22)(H,23,27)(H,29,30)/t15-/m0/s1. The summed E-state index contributed by atoms with van der Waals surface area (Å²) < 4.78 is 4.92. The molecule has 11 heteroatoms. The number of ketones is 1. The Balaban J connectivity index is 2.07. The Bertz CT molecular complexity index is 889. The summed E-state index contributed by atoms with van der Waals surface area (Å²) in [5, 5.41) is 18.7. The lowest BCUT2D eigenvalue weighted by molar-refractivity contribution is -0.152. The van der Waals surface area contributed by atoms with E-state index in [9.17, 15) is 24.0 Å². The van der Waals surface area contributed by atoms with E-state index in [0.29, 0.717) is 5.56 Å². The molecule has 1 fully saturated rings. The van der Waals surface area contributed by atoms with Crippen LogP contribution in [0, 0.1) is 11.3 Å². The zero-order valence-corrected chi connectivity index (χ0v) is 16.9. The highest BCUT2D eigenvalue weighted by Crippen LogP contribution is 2.19. The number of carboxylic acid groups (broad SMARTS) is 1. The second kappa shape index (κ2) is 10.3. The Labute approximate surface area is 178 Å². The van der Waals surface area contributed by atoms with Gasteiger partial charge in [-0.15, -0.1) is 0 Å². The third-order valence-electron chi connectivity index (χ3n) is 4.90. The van der Waals surface area contributed by atoms with Crippen molar-refractivity contribution in [1.29, 1.82) is 5.41 Å². The van der Waals surface area contributed by atoms with Crippen molar-refractivity contribution in [3.63, 3.8) is 0 Å². The Morgan fingerprint density at radius 2 is 1.71 bits per heavy atom. The lowest BCUT2D eigenvalue weighted by Gasteiger charge is -2.33. The van der Waals surface area contributed by atoms with Gasteiger partial charge < -0.3 is 25.8 Å². The van der Waals surface area contributed by atoms with E-state index in [-0.39, 0.29) is 43.9 Å². The van der Waals surface area contributed by atoms with Crippen LogP contribution in [0.4, 0.5) is 0 Å². The van der Waals surface area contributed by atoms with Crippen LogP contribution in [0.5, 0.6) is 0 Å². The molecule has 1 aromatic carbocycles. The quantitative estimate of drug-likeness (QED) is 0.184. The molecule has 1 aliphatic rings. The molecule has 2 rings (SSSR count). The molecular weight excluding hydrogens is 408 g/mol. The first-order chi connectivity index (χ1) is 14.6. The summed E-state index contributed by atoms with van der Waals surface area (Å²) in [4.78, 5) is 60.5. The number of aliphatic carboxylic acids is 1. The lowest BCUT2D eigenvalue weighted by Crippen LogP contribution is -2.53. The van der Waals surface area contributed by atoms with Gasteiger partial charge in [0.25, 0.3) is 5.91 Å². The Kier molecular flexibility index (Phi) is 7.83. The van der Waals surface area contributed by atoms with Crippen LogP contribution in [0.25, 0.3) is 0 Å². The molecule has 0 aliphatic carbocycles. The third-order valence-corrected chi connectivity index (χ3v) is 4.90. The van der Waals surface area contributed by atoms with Gasteiger partial charge in [-0.25, -0.2) is 4.79 Å². The number of benzene rings is 1. The largest absolute Gasteiger partial charge is 0.475 e. The van der Waals surface area contributed by atoms with Crippen molar-refractivity contribution in [3.8, 4) is 0 Å². The molecule has 11 nitrogen and oxygen atoms in total. The van der Waals surface area contributed by atoms with Gasteiger partial charge in [0.1, 0.15) is 18.5 Å². The molecule has 1 atom stereocenters. The van der Waals surface area contributed by atoms with E-state index in [4.69, 9.17) is 21.0 Å². The van der Waals surface area contributed by atoms with Gasteiger partial charge in [0.15, 0.2) is 0 Å². The maximum absolute atomic E-state index is 12.9. The molecule has 1 saturated heterocycles. The average molecular weight is 432 g/mol. The highest BCUT2D eigenvalue weighted by molar-refractivity contribution is 6.33. The van der Waals surface area contributed by atoms with E-state index in [1.54, 1.807) is 0 Å². The lowest BCUT2D eigenvalue weighted by atomic mass is 9.92. The van der Waals surface area contributed by atoms with Crippen LogP contribution >= 0.6 is 0 Å². The Morgan fingerprint density at radius 3 is 2.19 bits per heavy atom. The fourth-order valence-corrected chi connectivity index (χ4v) is 3.18. The van der Waals surface area contributed by atoms with Crippen molar-refractivity contribution in [2.45, 2.75) is 25.8 Å². The van der Waals surface area contributed by atoms with E-state index < -0.39 is 41.5 Å². The molecule has 0 bridgehead atoms. The molecule has 0 spiro atoms. The van der Waals surface area contributed by atoms with Crippen molar-refractivity contribution in [1.82, 2.24) is 10.2 Å². The number of nitrogens with one attached hydrogen (secondary N) is 2. The summed E-state index contributed by atoms with van der Waals surface area (Å²) >= 11 is 0. The Morgan fingerprint density at radius 1 is 1.16 bits per heavy atom. The number of amidine groups is 1. The first kappa shape index (κ1) is 23.5. The number of hydrogen-bond donors (Lipinski definition) is 4. The highest BCUT2D eigenvalue weighted by atomic mass is 16.5. The van der Waals surface area contributed by atoms with Crippen molar-refractivity contribution < 1.29 is 33.8 Å². The first-order valence-electron chi connectivity index (χ1n) is 9.54. The minimum Gasteiger partial charge on any atom is -0.475 e. The molecule has 0 unspecified atom stereocenters. The molecule has 0 saturated carbocycles. The maximum Gasteiger partial charge on any atom is 0.372 e. The number of piperidine rings is 1. The fourth-order valence-electron chi connectivity index (χ4n) is 3.18. The molecule has 1 aromatic rings. The number of amides is 2. The van der Waals surface area contributed by atoms with Crippen LogP contribution in [0.1, 0.15) is 35.7 Å². The molecule has 31 heavy (non-hydrogen) atoms. The number of nitrogens with two attached hydrogens (primary N) is 1. The predicted molar refractivity (Wildman–Crippen MR) is 107 cm³/mol. The van der Waals surface area contributed by atoms with Gasteiger partial charge >= 0.3 is 11.9 Å². The van der Waals surface area contributed by atoms with Gasteiger partial charge in [0, 0.05) is 37.1 Å². The molecule has 0 aromatic heterocycles. The van der Waals surface area contributed by atoms with Crippen LogP contribution in [0.15, 0.2) is 24.3 Å². The minimum absolute atomic E-state index is 0.141. The highest BCUT2D eigenvalue weighted by Gasteiger charge is 2.34. The molecule has 0 radical (unpaired) electrons. The molecule has 2 amide bonds. The summed E-state index contributed by atoms with van der Waals surface area (Å²) in [6.45, 7) is 1.08. The summed E-state index contributed by atoms with van der Waals surface area (Å²) in [6, 6.07) is 4.72. The van der Waals surface area contributed by atoms with Crippen molar-refractivity contribution >= 4 is 35.4 Å². The minimum atomic E-state index is -1.50. The number of Topliss-reactive ketones (excluding diaryl/α,β-unsaturated/α-hetero) is 1. The molecule has 166 valence electrons. The monoisotopic (exact) mass is 432 g/mol. The van der Waals surface area contributed by atoms with Crippen molar-refractivity contribution in [2.75, 3.05) is 19.7 Å². The van der Waals surface area contributed by atoms with Crippen LogP contribution in [0.2, 0.25) is 0 Å². The van der Waals surface area contributed by atoms with Gasteiger partial charge in [-0.1, -0.05) is 12.1 Å². The van der Waals surface area contributed by atoms with E-state index in [1.807, 2.05) is 0 Å². The number of nitrogen functional groups attached to an aromatic ring is 1. The molecular formula is C20H24N4O7. The zero-order chi connectivity index (χ0) is 23.1. The van der Waals surface area contributed by atoms with Gasteiger partial charge in [-0.05, 0) is 25.0 Å². The SMILES string of the molecule is CC(=O)OC[C@H](NC(=O)c1ccc(C(=N)N)cc1)C(=O)N1CCC(C(=O)C(=O)O)CC1. The zero-order valence-electron chi connectivity index (χ0n) is 16.9. The number of nitrogens with zero attached hydrogens (tertiary/aromatic N) is 1. The van der Waals surface area contributed by atoms with E-state index >= 15 is 0 Å². The number of ether oxygens (including phenoxy) is 1. The fraction of sp³-hybridized carbons (Fsp3) is 0.400. The number of esters is 1.